The summed E-state index contributed by atoms with van der Waals surface area (Å²) in [7, 11) is 1.55. The number of carbonyl (C=O) groups excluding carboxylic acids is 2. The molecule has 24 heavy (non-hydrogen) atoms. The summed E-state index contributed by atoms with van der Waals surface area (Å²) in [5.41, 5.74) is 0.810. The number of piperidine rings is 1. The van der Waals surface area contributed by atoms with Gasteiger partial charge in [-0.15, -0.1) is 0 Å². The lowest BCUT2D eigenvalue weighted by molar-refractivity contribution is 0.0677. The standard InChI is InChI=1S/C17H21N5O2/c1-12-19-7-9-22(12)14-4-3-8-21(11-14)17(24)13-5-6-15(20-10-13)16(23)18-2/h5-7,9-10,14H,3-4,8,11H2,1-2H3,(H,18,23). The molecule has 3 heterocycles. The maximum Gasteiger partial charge on any atom is 0.269 e. The van der Waals surface area contributed by atoms with Gasteiger partial charge in [-0.25, -0.2) is 4.98 Å². The van der Waals surface area contributed by atoms with Gasteiger partial charge in [-0.1, -0.05) is 0 Å². The molecule has 0 aromatic carbocycles. The van der Waals surface area contributed by atoms with E-state index in [4.69, 9.17) is 0 Å². The fourth-order valence-electron chi connectivity index (χ4n) is 3.11. The lowest BCUT2D eigenvalue weighted by Crippen LogP contribution is -2.40. The smallest absolute Gasteiger partial charge is 0.269 e. The van der Waals surface area contributed by atoms with Gasteiger partial charge in [-0.2, -0.15) is 0 Å². The second-order valence-corrected chi connectivity index (χ2v) is 5.94. The van der Waals surface area contributed by atoms with E-state index in [-0.39, 0.29) is 17.9 Å². The van der Waals surface area contributed by atoms with E-state index in [1.54, 1.807) is 25.4 Å². The van der Waals surface area contributed by atoms with Crippen LogP contribution < -0.4 is 5.32 Å². The molecule has 1 unspecified atom stereocenters. The van der Waals surface area contributed by atoms with E-state index < -0.39 is 0 Å². The summed E-state index contributed by atoms with van der Waals surface area (Å²) in [6.07, 6.45) is 7.22. The highest BCUT2D eigenvalue weighted by atomic mass is 16.2. The fraction of sp³-hybridized carbons (Fsp3) is 0.412. The number of aromatic nitrogens is 3. The molecule has 3 rings (SSSR count). The van der Waals surface area contributed by atoms with E-state index >= 15 is 0 Å². The van der Waals surface area contributed by atoms with Crippen molar-refractivity contribution in [2.75, 3.05) is 20.1 Å². The van der Waals surface area contributed by atoms with Crippen LogP contribution in [0.3, 0.4) is 0 Å². The van der Waals surface area contributed by atoms with Gasteiger partial charge in [0.25, 0.3) is 11.8 Å². The van der Waals surface area contributed by atoms with Crippen LogP contribution in [0.5, 0.6) is 0 Å². The highest BCUT2D eigenvalue weighted by Crippen LogP contribution is 2.23. The van der Waals surface area contributed by atoms with E-state index in [1.807, 2.05) is 18.0 Å². The van der Waals surface area contributed by atoms with E-state index in [0.717, 1.165) is 25.2 Å². The van der Waals surface area contributed by atoms with Crippen molar-refractivity contribution in [1.82, 2.24) is 24.8 Å². The molecule has 2 aromatic rings. The first-order valence-corrected chi connectivity index (χ1v) is 8.07. The van der Waals surface area contributed by atoms with Crippen LogP contribution in [0.15, 0.2) is 30.7 Å². The largest absolute Gasteiger partial charge is 0.354 e. The second-order valence-electron chi connectivity index (χ2n) is 5.94. The van der Waals surface area contributed by atoms with Gasteiger partial charge in [-0.05, 0) is 31.9 Å². The van der Waals surface area contributed by atoms with Crippen molar-refractivity contribution in [1.29, 1.82) is 0 Å². The van der Waals surface area contributed by atoms with Gasteiger partial charge >= 0.3 is 0 Å². The zero-order valence-electron chi connectivity index (χ0n) is 13.9. The monoisotopic (exact) mass is 327 g/mol. The number of nitrogens with one attached hydrogen (secondary N) is 1. The number of rotatable bonds is 3. The maximum absolute atomic E-state index is 12.7. The number of hydrogen-bond acceptors (Lipinski definition) is 4. The zero-order chi connectivity index (χ0) is 17.1. The molecule has 1 N–H and O–H groups in total. The van der Waals surface area contributed by atoms with Crippen LogP contribution >= 0.6 is 0 Å². The highest BCUT2D eigenvalue weighted by Gasteiger charge is 2.26. The van der Waals surface area contributed by atoms with Gasteiger partial charge in [-0.3, -0.25) is 14.6 Å². The van der Waals surface area contributed by atoms with Gasteiger partial charge in [0.1, 0.15) is 11.5 Å². The van der Waals surface area contributed by atoms with Gasteiger partial charge in [0.15, 0.2) is 0 Å². The summed E-state index contributed by atoms with van der Waals surface area (Å²) in [4.78, 5) is 34.4. The molecule has 0 saturated carbocycles. The Labute approximate surface area is 140 Å². The molecule has 1 fully saturated rings. The third kappa shape index (κ3) is 3.15. The number of aryl methyl sites for hydroxylation is 1. The predicted octanol–water partition coefficient (Wildman–Crippen LogP) is 1.42. The number of carbonyl (C=O) groups is 2. The summed E-state index contributed by atoms with van der Waals surface area (Å²) in [5, 5.41) is 2.51. The Balaban J connectivity index is 1.72. The van der Waals surface area contributed by atoms with Gasteiger partial charge < -0.3 is 14.8 Å². The molecule has 0 aliphatic carbocycles. The number of imidazole rings is 1. The molecule has 7 nitrogen and oxygen atoms in total. The average molecular weight is 327 g/mol. The summed E-state index contributed by atoms with van der Waals surface area (Å²) in [6, 6.07) is 3.49. The SMILES string of the molecule is CNC(=O)c1ccc(C(=O)N2CCCC(n3ccnc3C)C2)cn1. The molecule has 1 saturated heterocycles. The van der Waals surface area contributed by atoms with Gasteiger partial charge in [0.05, 0.1) is 11.6 Å². The highest BCUT2D eigenvalue weighted by molar-refractivity contribution is 5.96. The first-order valence-electron chi connectivity index (χ1n) is 8.07. The molecule has 7 heteroatoms. The summed E-state index contributed by atoms with van der Waals surface area (Å²) in [5.74, 6) is 0.655. The Morgan fingerprint density at radius 2 is 2.12 bits per heavy atom. The number of nitrogens with zero attached hydrogens (tertiary/aromatic N) is 4. The number of pyridine rings is 1. The van der Waals surface area contributed by atoms with Crippen molar-refractivity contribution in [2.45, 2.75) is 25.8 Å². The first-order chi connectivity index (χ1) is 11.6. The maximum atomic E-state index is 12.7. The molecule has 0 spiro atoms. The second kappa shape index (κ2) is 6.82. The lowest BCUT2D eigenvalue weighted by Gasteiger charge is -2.34. The molecular weight excluding hydrogens is 306 g/mol. The Hall–Kier alpha value is -2.70. The number of hydrogen-bond donors (Lipinski definition) is 1. The van der Waals surface area contributed by atoms with Crippen molar-refractivity contribution in [2.24, 2.45) is 0 Å². The van der Waals surface area contributed by atoms with Crippen LogP contribution in [-0.4, -0.2) is 51.4 Å². The fourth-order valence-corrected chi connectivity index (χ4v) is 3.11. The molecule has 126 valence electrons. The van der Waals surface area contributed by atoms with Crippen molar-refractivity contribution < 1.29 is 9.59 Å². The van der Waals surface area contributed by atoms with Crippen molar-refractivity contribution in [3.63, 3.8) is 0 Å². The molecule has 2 aromatic heterocycles. The van der Waals surface area contributed by atoms with Crippen LogP contribution in [0.4, 0.5) is 0 Å². The van der Waals surface area contributed by atoms with E-state index in [9.17, 15) is 9.59 Å². The summed E-state index contributed by atoms with van der Waals surface area (Å²) in [6.45, 7) is 3.37. The number of likely N-dealkylation sites (tertiary alicyclic amines) is 1. The summed E-state index contributed by atoms with van der Waals surface area (Å²) >= 11 is 0. The van der Waals surface area contributed by atoms with Crippen LogP contribution in [0, 0.1) is 6.92 Å². The summed E-state index contributed by atoms with van der Waals surface area (Å²) < 4.78 is 2.13. The zero-order valence-corrected chi connectivity index (χ0v) is 13.9. The van der Waals surface area contributed by atoms with E-state index in [2.05, 4.69) is 19.9 Å². The average Bonchev–Trinajstić information content (AvgIpc) is 3.06. The van der Waals surface area contributed by atoms with Crippen LogP contribution in [-0.2, 0) is 0 Å². The van der Waals surface area contributed by atoms with E-state index in [0.29, 0.717) is 17.8 Å². The lowest BCUT2D eigenvalue weighted by atomic mass is 10.0. The third-order valence-corrected chi connectivity index (χ3v) is 4.41. The topological polar surface area (TPSA) is 80.1 Å². The predicted molar refractivity (Wildman–Crippen MR) is 88.8 cm³/mol. The van der Waals surface area contributed by atoms with E-state index in [1.165, 1.54) is 6.20 Å². The Kier molecular flexibility index (Phi) is 4.59. The minimum absolute atomic E-state index is 0.0478. The van der Waals surface area contributed by atoms with Crippen LogP contribution in [0.2, 0.25) is 0 Å². The Morgan fingerprint density at radius 1 is 1.29 bits per heavy atom. The Bertz CT molecular complexity index is 738. The van der Waals surface area contributed by atoms with Crippen LogP contribution in [0.25, 0.3) is 0 Å². The molecule has 1 aliphatic heterocycles. The normalized spacial score (nSPS) is 17.6. The molecule has 1 aliphatic rings. The molecule has 2 amide bonds. The van der Waals surface area contributed by atoms with Gasteiger partial charge in [0, 0.05) is 38.7 Å². The Morgan fingerprint density at radius 3 is 2.75 bits per heavy atom. The number of amides is 2. The van der Waals surface area contributed by atoms with Gasteiger partial charge in [0.2, 0.25) is 0 Å². The van der Waals surface area contributed by atoms with Crippen LogP contribution in [0.1, 0.15) is 45.6 Å². The van der Waals surface area contributed by atoms with Crippen molar-refractivity contribution in [3.8, 4) is 0 Å². The first kappa shape index (κ1) is 16.2. The van der Waals surface area contributed by atoms with Crippen molar-refractivity contribution >= 4 is 11.8 Å². The molecule has 0 radical (unpaired) electrons. The molecular formula is C17H21N5O2. The third-order valence-electron chi connectivity index (χ3n) is 4.41. The molecule has 0 bridgehead atoms. The quantitative estimate of drug-likeness (QED) is 0.924. The molecule has 1 atom stereocenters. The van der Waals surface area contributed by atoms with Crippen molar-refractivity contribution in [3.05, 3.63) is 47.8 Å². The minimum atomic E-state index is -0.261. The minimum Gasteiger partial charge on any atom is -0.354 e.